The molecule has 0 radical (unpaired) electrons. The van der Waals surface area contributed by atoms with Gasteiger partial charge in [-0.15, -0.1) is 0 Å². The zero-order valence-electron chi connectivity index (χ0n) is 6.68. The Bertz CT molecular complexity index is 458. The van der Waals surface area contributed by atoms with E-state index in [4.69, 9.17) is 5.11 Å². The fourth-order valence-corrected chi connectivity index (χ4v) is 1.69. The molecular weight excluding hydrogens is 186 g/mol. The molecular formula is C9H7NO2S. The number of benzene rings is 1. The number of aromatic hydroxyl groups is 1. The Labute approximate surface area is 78.5 Å². The van der Waals surface area contributed by atoms with Gasteiger partial charge in [0, 0.05) is 5.69 Å². The predicted octanol–water partition coefficient (Wildman–Crippen LogP) is 1.60. The third kappa shape index (κ3) is 1.48. The average molecular weight is 193 g/mol. The molecule has 1 N–H and O–H groups in total. The van der Waals surface area contributed by atoms with Gasteiger partial charge < -0.3 is 5.11 Å². The summed E-state index contributed by atoms with van der Waals surface area (Å²) in [6.45, 7) is 0. The molecule has 2 aromatic rings. The minimum Gasteiger partial charge on any atom is -0.498 e. The minimum absolute atomic E-state index is 0.0360. The van der Waals surface area contributed by atoms with Gasteiger partial charge in [-0.05, 0) is 23.5 Å². The lowest BCUT2D eigenvalue weighted by Crippen LogP contribution is -2.08. The number of thiazole rings is 1. The van der Waals surface area contributed by atoms with Crippen LogP contribution in [0.1, 0.15) is 0 Å². The lowest BCUT2D eigenvalue weighted by Gasteiger charge is -1.97. The van der Waals surface area contributed by atoms with E-state index >= 15 is 0 Å². The van der Waals surface area contributed by atoms with Gasteiger partial charge in [-0.25, -0.2) is 0 Å². The molecule has 0 aliphatic heterocycles. The molecule has 0 saturated heterocycles. The summed E-state index contributed by atoms with van der Waals surface area (Å²) >= 11 is 0.827. The van der Waals surface area contributed by atoms with E-state index in [0.717, 1.165) is 17.0 Å². The van der Waals surface area contributed by atoms with Gasteiger partial charge in [-0.3, -0.25) is 9.36 Å². The first-order valence-electron chi connectivity index (χ1n) is 3.74. The topological polar surface area (TPSA) is 42.2 Å². The molecule has 0 aliphatic carbocycles. The van der Waals surface area contributed by atoms with Crippen LogP contribution in [-0.2, 0) is 0 Å². The Morgan fingerprint density at radius 3 is 2.46 bits per heavy atom. The summed E-state index contributed by atoms with van der Waals surface area (Å²) < 4.78 is 1.42. The second-order valence-corrected chi connectivity index (χ2v) is 3.51. The van der Waals surface area contributed by atoms with Gasteiger partial charge in [0.1, 0.15) is 0 Å². The van der Waals surface area contributed by atoms with Gasteiger partial charge >= 0.3 is 4.87 Å². The first-order valence-corrected chi connectivity index (χ1v) is 4.56. The molecule has 0 fully saturated rings. The molecule has 0 amide bonds. The van der Waals surface area contributed by atoms with Crippen LogP contribution in [0.2, 0.25) is 0 Å². The highest BCUT2D eigenvalue weighted by Gasteiger charge is 2.02. The molecule has 1 heterocycles. The number of rotatable bonds is 1. The van der Waals surface area contributed by atoms with E-state index in [9.17, 15) is 4.79 Å². The quantitative estimate of drug-likeness (QED) is 0.747. The average Bonchev–Trinajstić information content (AvgIpc) is 2.47. The van der Waals surface area contributed by atoms with Crippen LogP contribution in [-0.4, -0.2) is 9.67 Å². The summed E-state index contributed by atoms with van der Waals surface area (Å²) in [5, 5.41) is 9.13. The van der Waals surface area contributed by atoms with Crippen molar-refractivity contribution in [1.82, 2.24) is 4.57 Å². The van der Waals surface area contributed by atoms with Gasteiger partial charge in [0.15, 0.2) is 5.06 Å². The summed E-state index contributed by atoms with van der Waals surface area (Å²) in [6.07, 6.45) is 1.42. The molecule has 0 unspecified atom stereocenters. The second-order valence-electron chi connectivity index (χ2n) is 2.54. The molecule has 13 heavy (non-hydrogen) atoms. The summed E-state index contributed by atoms with van der Waals surface area (Å²) in [4.78, 5) is 11.1. The van der Waals surface area contributed by atoms with E-state index in [2.05, 4.69) is 0 Å². The van der Waals surface area contributed by atoms with Crippen LogP contribution in [0.3, 0.4) is 0 Å². The second kappa shape index (κ2) is 3.06. The van der Waals surface area contributed by atoms with Crippen molar-refractivity contribution < 1.29 is 5.11 Å². The number of para-hydroxylation sites is 1. The highest BCUT2D eigenvalue weighted by Crippen LogP contribution is 2.14. The molecule has 4 heteroatoms. The van der Waals surface area contributed by atoms with Gasteiger partial charge in [-0.1, -0.05) is 18.2 Å². The van der Waals surface area contributed by atoms with Crippen LogP contribution in [0.25, 0.3) is 5.69 Å². The van der Waals surface area contributed by atoms with Crippen molar-refractivity contribution in [2.75, 3.05) is 0 Å². The van der Waals surface area contributed by atoms with Crippen molar-refractivity contribution in [3.63, 3.8) is 0 Å². The maximum atomic E-state index is 11.3. The van der Waals surface area contributed by atoms with Crippen molar-refractivity contribution >= 4 is 11.3 Å². The Balaban J connectivity index is 2.59. The Morgan fingerprint density at radius 1 is 1.23 bits per heavy atom. The van der Waals surface area contributed by atoms with Crippen LogP contribution in [0.15, 0.2) is 41.3 Å². The lowest BCUT2D eigenvalue weighted by atomic mass is 10.3. The van der Waals surface area contributed by atoms with Gasteiger partial charge in [0.2, 0.25) is 0 Å². The molecule has 3 nitrogen and oxygen atoms in total. The first kappa shape index (κ1) is 8.07. The maximum absolute atomic E-state index is 11.3. The molecule has 0 aliphatic rings. The monoisotopic (exact) mass is 193 g/mol. The van der Waals surface area contributed by atoms with E-state index in [1.54, 1.807) is 0 Å². The van der Waals surface area contributed by atoms with Crippen molar-refractivity contribution in [3.05, 3.63) is 46.2 Å². The van der Waals surface area contributed by atoms with Gasteiger partial charge in [0.05, 0.1) is 6.20 Å². The van der Waals surface area contributed by atoms with E-state index in [1.807, 2.05) is 30.3 Å². The standard InChI is InChI=1S/C9H7NO2S/c11-8-6-10(9(12)13-8)7-4-2-1-3-5-7/h1-6,11H. The smallest absolute Gasteiger partial charge is 0.315 e. The Kier molecular flexibility index (Phi) is 1.90. The van der Waals surface area contributed by atoms with Crippen molar-refractivity contribution in [2.45, 2.75) is 0 Å². The predicted molar refractivity (Wildman–Crippen MR) is 51.6 cm³/mol. The summed E-state index contributed by atoms with van der Waals surface area (Å²) in [7, 11) is 0. The SMILES string of the molecule is O=c1sc(O)cn1-c1ccccc1. The zero-order chi connectivity index (χ0) is 9.26. The van der Waals surface area contributed by atoms with Crippen molar-refractivity contribution in [1.29, 1.82) is 0 Å². The third-order valence-electron chi connectivity index (χ3n) is 1.66. The molecule has 66 valence electrons. The fourth-order valence-electron chi connectivity index (χ4n) is 1.10. The summed E-state index contributed by atoms with van der Waals surface area (Å²) in [5.41, 5.74) is 0.768. The molecule has 0 bridgehead atoms. The minimum atomic E-state index is -0.177. The van der Waals surface area contributed by atoms with Crippen LogP contribution in [0.4, 0.5) is 0 Å². The van der Waals surface area contributed by atoms with E-state index in [0.29, 0.717) is 0 Å². The van der Waals surface area contributed by atoms with Crippen LogP contribution in [0, 0.1) is 0 Å². The number of nitrogens with zero attached hydrogens (tertiary/aromatic N) is 1. The molecule has 2 rings (SSSR count). The van der Waals surface area contributed by atoms with E-state index in [-0.39, 0.29) is 9.94 Å². The Morgan fingerprint density at radius 2 is 1.92 bits per heavy atom. The number of aromatic nitrogens is 1. The van der Waals surface area contributed by atoms with Crippen molar-refractivity contribution in [2.24, 2.45) is 0 Å². The molecule has 0 atom stereocenters. The highest BCUT2D eigenvalue weighted by molar-refractivity contribution is 7.11. The molecule has 1 aromatic carbocycles. The largest absolute Gasteiger partial charge is 0.498 e. The fraction of sp³-hybridized carbons (Fsp3) is 0. The third-order valence-corrected chi connectivity index (χ3v) is 2.35. The molecule has 1 aromatic heterocycles. The highest BCUT2D eigenvalue weighted by atomic mass is 32.1. The maximum Gasteiger partial charge on any atom is 0.315 e. The lowest BCUT2D eigenvalue weighted by molar-refractivity contribution is 0.488. The van der Waals surface area contributed by atoms with Crippen LogP contribution in [0.5, 0.6) is 5.06 Å². The molecule has 0 saturated carbocycles. The number of hydrogen-bond acceptors (Lipinski definition) is 3. The van der Waals surface area contributed by atoms with Gasteiger partial charge in [0.25, 0.3) is 0 Å². The van der Waals surface area contributed by atoms with Gasteiger partial charge in [-0.2, -0.15) is 0 Å². The number of hydrogen-bond donors (Lipinski definition) is 1. The van der Waals surface area contributed by atoms with Crippen molar-refractivity contribution in [3.8, 4) is 10.8 Å². The van der Waals surface area contributed by atoms with E-state index < -0.39 is 0 Å². The summed E-state index contributed by atoms with van der Waals surface area (Å²) in [6, 6.07) is 9.19. The zero-order valence-corrected chi connectivity index (χ0v) is 7.49. The Hall–Kier alpha value is -1.55. The van der Waals surface area contributed by atoms with Crippen LogP contribution >= 0.6 is 11.3 Å². The van der Waals surface area contributed by atoms with E-state index in [1.165, 1.54) is 10.8 Å². The first-order chi connectivity index (χ1) is 6.27. The summed E-state index contributed by atoms with van der Waals surface area (Å²) in [5.74, 6) is 0. The molecule has 0 spiro atoms. The normalized spacial score (nSPS) is 10.2. The van der Waals surface area contributed by atoms with Crippen LogP contribution < -0.4 is 4.87 Å².